The van der Waals surface area contributed by atoms with Crippen LogP contribution in [0.3, 0.4) is 0 Å². The van der Waals surface area contributed by atoms with Crippen LogP contribution in [-0.4, -0.2) is 40.8 Å². The van der Waals surface area contributed by atoms with Gasteiger partial charge in [0.25, 0.3) is 5.91 Å². The molecule has 2 aromatic rings. The van der Waals surface area contributed by atoms with E-state index >= 15 is 0 Å². The van der Waals surface area contributed by atoms with Crippen LogP contribution >= 0.6 is 0 Å². The number of hydrogen-bond acceptors (Lipinski definition) is 5. The fourth-order valence-electron chi connectivity index (χ4n) is 2.56. The molecule has 7 nitrogen and oxygen atoms in total. The van der Waals surface area contributed by atoms with Gasteiger partial charge in [-0.3, -0.25) is 9.10 Å². The Bertz CT molecular complexity index is 897. The summed E-state index contributed by atoms with van der Waals surface area (Å²) in [5.74, 6) is 0.970. The number of ether oxygens (including phenoxy) is 2. The molecule has 0 aliphatic heterocycles. The number of sulfonamides is 1. The molecule has 2 rings (SSSR count). The first-order chi connectivity index (χ1) is 13.3. The highest BCUT2D eigenvalue weighted by molar-refractivity contribution is 7.92. The third kappa shape index (κ3) is 5.63. The Hall–Kier alpha value is -2.74. The van der Waals surface area contributed by atoms with Crippen LogP contribution in [0.25, 0.3) is 0 Å². The zero-order chi connectivity index (χ0) is 20.7. The van der Waals surface area contributed by atoms with Crippen LogP contribution in [0.4, 0.5) is 5.69 Å². The Morgan fingerprint density at radius 1 is 1.14 bits per heavy atom. The zero-order valence-corrected chi connectivity index (χ0v) is 17.3. The van der Waals surface area contributed by atoms with E-state index in [1.54, 1.807) is 31.4 Å². The number of amides is 1. The molecule has 0 saturated carbocycles. The van der Waals surface area contributed by atoms with Gasteiger partial charge in [-0.15, -0.1) is 0 Å². The number of carbonyl (C=O) groups excluding carboxylic acids is 1. The molecule has 2 aromatic carbocycles. The molecule has 0 spiro atoms. The van der Waals surface area contributed by atoms with E-state index < -0.39 is 16.1 Å². The smallest absolute Gasteiger partial charge is 0.261 e. The molecule has 0 saturated heterocycles. The van der Waals surface area contributed by atoms with Gasteiger partial charge in [-0.1, -0.05) is 25.1 Å². The van der Waals surface area contributed by atoms with Crippen molar-refractivity contribution in [1.82, 2.24) is 5.32 Å². The van der Waals surface area contributed by atoms with Crippen molar-refractivity contribution in [3.63, 3.8) is 0 Å². The molecule has 152 valence electrons. The fraction of sp³-hybridized carbons (Fsp3) is 0.350. The third-order valence-electron chi connectivity index (χ3n) is 4.28. The predicted octanol–water partition coefficient (Wildman–Crippen LogP) is 2.56. The topological polar surface area (TPSA) is 84.9 Å². The van der Waals surface area contributed by atoms with Crippen molar-refractivity contribution in [3.8, 4) is 11.5 Å². The Balaban J connectivity index is 2.00. The zero-order valence-electron chi connectivity index (χ0n) is 16.5. The van der Waals surface area contributed by atoms with Crippen molar-refractivity contribution in [1.29, 1.82) is 0 Å². The van der Waals surface area contributed by atoms with Crippen molar-refractivity contribution < 1.29 is 22.7 Å². The Labute approximate surface area is 166 Å². The van der Waals surface area contributed by atoms with E-state index in [1.165, 1.54) is 11.4 Å². The average Bonchev–Trinajstić information content (AvgIpc) is 2.69. The van der Waals surface area contributed by atoms with Gasteiger partial charge in [0.2, 0.25) is 10.0 Å². The molecule has 1 amide bonds. The molecule has 0 radical (unpaired) electrons. The molecule has 0 heterocycles. The SMILES string of the molecule is CC[C@@H](Oc1ccc(N(C)S(C)(=O)=O)cc1)C(=O)NCc1ccccc1OC. The third-order valence-corrected chi connectivity index (χ3v) is 5.49. The minimum absolute atomic E-state index is 0.231. The monoisotopic (exact) mass is 406 g/mol. The highest BCUT2D eigenvalue weighted by Crippen LogP contribution is 2.22. The van der Waals surface area contributed by atoms with Crippen LogP contribution in [0.15, 0.2) is 48.5 Å². The molecule has 0 aromatic heterocycles. The fourth-order valence-corrected chi connectivity index (χ4v) is 3.06. The van der Waals surface area contributed by atoms with E-state index in [0.717, 1.165) is 11.8 Å². The molecular weight excluding hydrogens is 380 g/mol. The van der Waals surface area contributed by atoms with Crippen molar-refractivity contribution in [2.24, 2.45) is 0 Å². The normalized spacial score (nSPS) is 12.1. The second kappa shape index (κ2) is 9.45. The highest BCUT2D eigenvalue weighted by atomic mass is 32.2. The molecule has 1 atom stereocenters. The van der Waals surface area contributed by atoms with Gasteiger partial charge in [0.1, 0.15) is 11.5 Å². The molecule has 0 aliphatic rings. The molecule has 1 N–H and O–H groups in total. The molecule has 8 heteroatoms. The molecule has 0 aliphatic carbocycles. The lowest BCUT2D eigenvalue weighted by atomic mass is 10.2. The molecular formula is C20H26N2O5S. The van der Waals surface area contributed by atoms with Crippen molar-refractivity contribution >= 4 is 21.6 Å². The number of methoxy groups -OCH3 is 1. The second-order valence-corrected chi connectivity index (χ2v) is 8.28. The lowest BCUT2D eigenvalue weighted by Crippen LogP contribution is -2.37. The quantitative estimate of drug-likeness (QED) is 0.692. The summed E-state index contributed by atoms with van der Waals surface area (Å²) in [4.78, 5) is 12.5. The van der Waals surface area contributed by atoms with Crippen molar-refractivity contribution in [3.05, 3.63) is 54.1 Å². The second-order valence-electron chi connectivity index (χ2n) is 6.27. The summed E-state index contributed by atoms with van der Waals surface area (Å²) in [6.07, 6.45) is 0.965. The minimum atomic E-state index is -3.33. The van der Waals surface area contributed by atoms with E-state index in [2.05, 4.69) is 5.32 Å². The number of carbonyl (C=O) groups is 1. The summed E-state index contributed by atoms with van der Waals surface area (Å²) >= 11 is 0. The first-order valence-electron chi connectivity index (χ1n) is 8.86. The van der Waals surface area contributed by atoms with E-state index in [1.807, 2.05) is 31.2 Å². The number of hydrogen-bond donors (Lipinski definition) is 1. The average molecular weight is 407 g/mol. The van der Waals surface area contributed by atoms with Gasteiger partial charge in [-0.2, -0.15) is 0 Å². The van der Waals surface area contributed by atoms with E-state index in [-0.39, 0.29) is 5.91 Å². The van der Waals surface area contributed by atoms with Crippen LogP contribution in [0.1, 0.15) is 18.9 Å². The van der Waals surface area contributed by atoms with Crippen molar-refractivity contribution in [2.45, 2.75) is 26.0 Å². The number of anilines is 1. The largest absolute Gasteiger partial charge is 0.496 e. The van der Waals surface area contributed by atoms with Gasteiger partial charge >= 0.3 is 0 Å². The van der Waals surface area contributed by atoms with E-state index in [4.69, 9.17) is 9.47 Å². The summed E-state index contributed by atoms with van der Waals surface area (Å²) in [6, 6.07) is 14.0. The Kier molecular flexibility index (Phi) is 7.28. The van der Waals surface area contributed by atoms with E-state index in [9.17, 15) is 13.2 Å². The number of para-hydroxylation sites is 1. The summed E-state index contributed by atoms with van der Waals surface area (Å²) < 4.78 is 35.4. The lowest BCUT2D eigenvalue weighted by molar-refractivity contribution is -0.128. The first-order valence-corrected chi connectivity index (χ1v) is 10.7. The molecule has 0 fully saturated rings. The van der Waals surface area contributed by atoms with Crippen LogP contribution < -0.4 is 19.1 Å². The van der Waals surface area contributed by atoms with Gasteiger partial charge < -0.3 is 14.8 Å². The number of nitrogens with zero attached hydrogens (tertiary/aromatic N) is 1. The van der Waals surface area contributed by atoms with Crippen LogP contribution in [0, 0.1) is 0 Å². The summed E-state index contributed by atoms with van der Waals surface area (Å²) in [6.45, 7) is 2.19. The van der Waals surface area contributed by atoms with Crippen LogP contribution in [0.5, 0.6) is 11.5 Å². The Morgan fingerprint density at radius 2 is 1.79 bits per heavy atom. The minimum Gasteiger partial charge on any atom is -0.496 e. The van der Waals surface area contributed by atoms with Gasteiger partial charge in [0.05, 0.1) is 19.1 Å². The van der Waals surface area contributed by atoms with Gasteiger partial charge in [-0.25, -0.2) is 8.42 Å². The maximum atomic E-state index is 12.5. The predicted molar refractivity (Wildman–Crippen MR) is 109 cm³/mol. The number of nitrogens with one attached hydrogen (secondary N) is 1. The Morgan fingerprint density at radius 3 is 2.36 bits per heavy atom. The maximum absolute atomic E-state index is 12.5. The lowest BCUT2D eigenvalue weighted by Gasteiger charge is -2.19. The molecule has 28 heavy (non-hydrogen) atoms. The van der Waals surface area contributed by atoms with E-state index in [0.29, 0.717) is 30.2 Å². The summed E-state index contributed by atoms with van der Waals surface area (Å²) in [7, 11) is -0.267. The summed E-state index contributed by atoms with van der Waals surface area (Å²) in [5, 5.41) is 2.86. The summed E-state index contributed by atoms with van der Waals surface area (Å²) in [5.41, 5.74) is 1.39. The first kappa shape index (κ1) is 21.6. The molecule has 0 bridgehead atoms. The van der Waals surface area contributed by atoms with Gasteiger partial charge in [-0.05, 0) is 36.8 Å². The maximum Gasteiger partial charge on any atom is 0.261 e. The van der Waals surface area contributed by atoms with Crippen LogP contribution in [-0.2, 0) is 21.4 Å². The molecule has 0 unspecified atom stereocenters. The van der Waals surface area contributed by atoms with Gasteiger partial charge in [0.15, 0.2) is 6.10 Å². The van der Waals surface area contributed by atoms with Crippen LogP contribution in [0.2, 0.25) is 0 Å². The number of benzene rings is 2. The van der Waals surface area contributed by atoms with Gasteiger partial charge in [0, 0.05) is 19.2 Å². The standard InChI is InChI=1S/C20H26N2O5S/c1-5-18(20(23)21-14-15-8-6-7-9-19(15)26-3)27-17-12-10-16(11-13-17)22(2)28(4,24)25/h6-13,18H,5,14H2,1-4H3,(H,21,23)/t18-/m1/s1. The highest BCUT2D eigenvalue weighted by Gasteiger charge is 2.19. The number of rotatable bonds is 9. The van der Waals surface area contributed by atoms with Crippen molar-refractivity contribution in [2.75, 3.05) is 24.7 Å².